The minimum Gasteiger partial charge on any atom is -0.493 e. The second kappa shape index (κ2) is 11.8. The molecule has 0 radical (unpaired) electrons. The van der Waals surface area contributed by atoms with E-state index in [4.69, 9.17) is 26.4 Å². The van der Waals surface area contributed by atoms with E-state index in [2.05, 4.69) is 23.1 Å². The number of hydrogen-bond acceptors (Lipinski definition) is 5. The molecule has 0 bridgehead atoms. The van der Waals surface area contributed by atoms with Crippen LogP contribution >= 0.6 is 12.2 Å². The summed E-state index contributed by atoms with van der Waals surface area (Å²) in [7, 11) is 3.21. The zero-order valence-electron chi connectivity index (χ0n) is 16.9. The standard InChI is InChI=1S/C21H27N3O4S/c1-4-15-6-5-7-17(12-15)28-14-20(25)23-24-21(29)22-11-10-16-8-9-18(26-2)19(13-16)27-3/h5-9,12-13H,4,10-11,14H2,1-3H3,(H,23,25)(H2,22,24,29). The number of benzene rings is 2. The van der Waals surface area contributed by atoms with Crippen molar-refractivity contribution >= 4 is 23.2 Å². The summed E-state index contributed by atoms with van der Waals surface area (Å²) in [6.07, 6.45) is 1.64. The highest BCUT2D eigenvalue weighted by Gasteiger charge is 2.06. The van der Waals surface area contributed by atoms with Crippen molar-refractivity contribution in [1.29, 1.82) is 0 Å². The van der Waals surface area contributed by atoms with Crippen molar-refractivity contribution in [2.24, 2.45) is 0 Å². The van der Waals surface area contributed by atoms with Crippen LogP contribution in [0.4, 0.5) is 0 Å². The summed E-state index contributed by atoms with van der Waals surface area (Å²) < 4.78 is 16.0. The third kappa shape index (κ3) is 7.50. The average Bonchev–Trinajstić information content (AvgIpc) is 2.76. The molecule has 3 N–H and O–H groups in total. The number of hydrazine groups is 1. The van der Waals surface area contributed by atoms with Gasteiger partial charge in [0.2, 0.25) is 0 Å². The molecule has 0 unspecified atom stereocenters. The lowest BCUT2D eigenvalue weighted by Gasteiger charge is -2.13. The average molecular weight is 418 g/mol. The number of thiocarbonyl (C=S) groups is 1. The van der Waals surface area contributed by atoms with Crippen LogP contribution in [0.25, 0.3) is 0 Å². The maximum Gasteiger partial charge on any atom is 0.276 e. The number of aryl methyl sites for hydroxylation is 1. The molecule has 1 amide bonds. The zero-order chi connectivity index (χ0) is 21.1. The highest BCUT2D eigenvalue weighted by atomic mass is 32.1. The van der Waals surface area contributed by atoms with Crippen LogP contribution in [0.3, 0.4) is 0 Å². The first-order chi connectivity index (χ1) is 14.0. The Bertz CT molecular complexity index is 829. The Balaban J connectivity index is 1.67. The molecule has 29 heavy (non-hydrogen) atoms. The molecule has 0 saturated carbocycles. The lowest BCUT2D eigenvalue weighted by atomic mass is 10.1. The molecule has 0 spiro atoms. The fourth-order valence-electron chi connectivity index (χ4n) is 2.57. The summed E-state index contributed by atoms with van der Waals surface area (Å²) in [6, 6.07) is 13.4. The number of amides is 1. The van der Waals surface area contributed by atoms with Gasteiger partial charge in [-0.25, -0.2) is 0 Å². The second-order valence-corrected chi connectivity index (χ2v) is 6.57. The number of hydrogen-bond donors (Lipinski definition) is 3. The molecule has 156 valence electrons. The zero-order valence-corrected chi connectivity index (χ0v) is 17.7. The number of rotatable bonds is 9. The van der Waals surface area contributed by atoms with Crippen LogP contribution in [0.1, 0.15) is 18.1 Å². The summed E-state index contributed by atoms with van der Waals surface area (Å²) >= 11 is 5.16. The molecule has 2 aromatic rings. The van der Waals surface area contributed by atoms with Gasteiger partial charge in [-0.05, 0) is 60.5 Å². The highest BCUT2D eigenvalue weighted by Crippen LogP contribution is 2.27. The van der Waals surface area contributed by atoms with E-state index in [-0.39, 0.29) is 12.5 Å². The van der Waals surface area contributed by atoms with Gasteiger partial charge < -0.3 is 19.5 Å². The number of carbonyl (C=O) groups excluding carboxylic acids is 1. The lowest BCUT2D eigenvalue weighted by molar-refractivity contribution is -0.123. The van der Waals surface area contributed by atoms with E-state index in [0.29, 0.717) is 28.9 Å². The molecule has 0 aliphatic heterocycles. The first-order valence-electron chi connectivity index (χ1n) is 9.31. The van der Waals surface area contributed by atoms with Crippen LogP contribution in [0.5, 0.6) is 17.2 Å². The van der Waals surface area contributed by atoms with Crippen LogP contribution in [0.15, 0.2) is 42.5 Å². The Morgan fingerprint density at radius 3 is 2.52 bits per heavy atom. The molecule has 2 aromatic carbocycles. The highest BCUT2D eigenvalue weighted by molar-refractivity contribution is 7.80. The Morgan fingerprint density at radius 1 is 1.00 bits per heavy atom. The Kier molecular flexibility index (Phi) is 9.04. The Hall–Kier alpha value is -3.00. The van der Waals surface area contributed by atoms with E-state index < -0.39 is 0 Å². The third-order valence-electron chi connectivity index (χ3n) is 4.14. The Labute approximate surface area is 176 Å². The van der Waals surface area contributed by atoms with Crippen molar-refractivity contribution in [3.63, 3.8) is 0 Å². The normalized spacial score (nSPS) is 10.0. The van der Waals surface area contributed by atoms with Gasteiger partial charge in [0.25, 0.3) is 5.91 Å². The fourth-order valence-corrected chi connectivity index (χ4v) is 2.72. The van der Waals surface area contributed by atoms with Gasteiger partial charge >= 0.3 is 0 Å². The van der Waals surface area contributed by atoms with Gasteiger partial charge in [0.1, 0.15) is 5.75 Å². The predicted molar refractivity (Wildman–Crippen MR) is 116 cm³/mol. The molecule has 0 aromatic heterocycles. The summed E-state index contributed by atoms with van der Waals surface area (Å²) in [4.78, 5) is 11.9. The Morgan fingerprint density at radius 2 is 1.79 bits per heavy atom. The van der Waals surface area contributed by atoms with Gasteiger partial charge in [-0.3, -0.25) is 15.6 Å². The molecular formula is C21H27N3O4S. The van der Waals surface area contributed by atoms with E-state index in [0.717, 1.165) is 24.0 Å². The molecule has 0 atom stereocenters. The molecule has 0 fully saturated rings. The van der Waals surface area contributed by atoms with E-state index >= 15 is 0 Å². The maximum absolute atomic E-state index is 11.9. The van der Waals surface area contributed by atoms with E-state index in [1.54, 1.807) is 14.2 Å². The molecule has 0 heterocycles. The van der Waals surface area contributed by atoms with Crippen molar-refractivity contribution in [3.8, 4) is 17.2 Å². The fraction of sp³-hybridized carbons (Fsp3) is 0.333. The number of carbonyl (C=O) groups is 1. The second-order valence-electron chi connectivity index (χ2n) is 6.16. The van der Waals surface area contributed by atoms with Crippen LogP contribution in [-0.2, 0) is 17.6 Å². The topological polar surface area (TPSA) is 80.9 Å². The monoisotopic (exact) mass is 417 g/mol. The molecule has 0 aliphatic rings. The summed E-state index contributed by atoms with van der Waals surface area (Å²) in [5.41, 5.74) is 7.40. The molecule has 8 heteroatoms. The first kappa shape index (κ1) is 22.3. The number of nitrogens with one attached hydrogen (secondary N) is 3. The van der Waals surface area contributed by atoms with E-state index in [1.807, 2.05) is 42.5 Å². The SMILES string of the molecule is CCc1cccc(OCC(=O)NNC(=S)NCCc2ccc(OC)c(OC)c2)c1. The van der Waals surface area contributed by atoms with Crippen molar-refractivity contribution in [1.82, 2.24) is 16.2 Å². The van der Waals surface area contributed by atoms with Gasteiger partial charge in [-0.15, -0.1) is 0 Å². The maximum atomic E-state index is 11.9. The largest absolute Gasteiger partial charge is 0.493 e. The first-order valence-corrected chi connectivity index (χ1v) is 9.71. The van der Waals surface area contributed by atoms with Gasteiger partial charge in [0.15, 0.2) is 23.2 Å². The van der Waals surface area contributed by atoms with Crippen LogP contribution < -0.4 is 30.4 Å². The van der Waals surface area contributed by atoms with Gasteiger partial charge in [0.05, 0.1) is 14.2 Å². The lowest BCUT2D eigenvalue weighted by Crippen LogP contribution is -2.48. The smallest absolute Gasteiger partial charge is 0.276 e. The predicted octanol–water partition coefficient (Wildman–Crippen LogP) is 2.38. The summed E-state index contributed by atoms with van der Waals surface area (Å²) in [5, 5.41) is 3.36. The van der Waals surface area contributed by atoms with Crippen LogP contribution in [0.2, 0.25) is 0 Å². The van der Waals surface area contributed by atoms with E-state index in [9.17, 15) is 4.79 Å². The van der Waals surface area contributed by atoms with Crippen molar-refractivity contribution in [3.05, 3.63) is 53.6 Å². The van der Waals surface area contributed by atoms with Crippen molar-refractivity contribution in [2.45, 2.75) is 19.8 Å². The summed E-state index contributed by atoms with van der Waals surface area (Å²) in [6.45, 7) is 2.56. The van der Waals surface area contributed by atoms with Crippen molar-refractivity contribution in [2.75, 3.05) is 27.4 Å². The minimum absolute atomic E-state index is 0.103. The van der Waals surface area contributed by atoms with Gasteiger partial charge in [-0.2, -0.15) is 0 Å². The van der Waals surface area contributed by atoms with Crippen molar-refractivity contribution < 1.29 is 19.0 Å². The third-order valence-corrected chi connectivity index (χ3v) is 4.39. The van der Waals surface area contributed by atoms with Gasteiger partial charge in [0, 0.05) is 6.54 Å². The minimum atomic E-state index is -0.323. The quantitative estimate of drug-likeness (QED) is 0.427. The molecule has 7 nitrogen and oxygen atoms in total. The summed E-state index contributed by atoms with van der Waals surface area (Å²) in [5.74, 6) is 1.71. The molecular weight excluding hydrogens is 390 g/mol. The number of ether oxygens (including phenoxy) is 3. The molecule has 0 aliphatic carbocycles. The van der Waals surface area contributed by atoms with Crippen LogP contribution in [0, 0.1) is 0 Å². The molecule has 2 rings (SSSR count). The van der Waals surface area contributed by atoms with E-state index in [1.165, 1.54) is 0 Å². The molecule has 0 saturated heterocycles. The number of methoxy groups -OCH3 is 2. The van der Waals surface area contributed by atoms with Gasteiger partial charge in [-0.1, -0.05) is 25.1 Å². The van der Waals surface area contributed by atoms with Crippen LogP contribution in [-0.4, -0.2) is 38.4 Å².